The number of nitrogens with one attached hydrogen (secondary N) is 1. The zero-order valence-corrected chi connectivity index (χ0v) is 13.2. The fraction of sp³-hybridized carbons (Fsp3) is 1.00. The quantitative estimate of drug-likeness (QED) is 0.535. The molecule has 0 bridgehead atoms. The van der Waals surface area contributed by atoms with Crippen molar-refractivity contribution < 1.29 is 14.4 Å². The Morgan fingerprint density at radius 1 is 1.17 bits per heavy atom. The molecule has 0 aromatic heterocycles. The second kappa shape index (κ2) is 8.31. The van der Waals surface area contributed by atoms with Crippen molar-refractivity contribution in [2.75, 3.05) is 6.54 Å². The van der Waals surface area contributed by atoms with E-state index >= 15 is 0 Å². The maximum absolute atomic E-state index is 11.7. The Hall–Kier alpha value is 0.110. The van der Waals surface area contributed by atoms with Crippen molar-refractivity contribution in [3.05, 3.63) is 0 Å². The van der Waals surface area contributed by atoms with Crippen LogP contribution in [0.15, 0.2) is 0 Å². The molecule has 110 valence electrons. The lowest BCUT2D eigenvalue weighted by Crippen LogP contribution is -2.46. The van der Waals surface area contributed by atoms with Gasteiger partial charge < -0.3 is 15.1 Å². The van der Waals surface area contributed by atoms with E-state index in [9.17, 15) is 14.4 Å². The molecule has 0 fully saturated rings. The molecule has 0 heterocycles. The summed E-state index contributed by atoms with van der Waals surface area (Å²) in [4.78, 5) is 19.1. The molecular formula is C13H30NO3P. The number of unbranched alkanes of at least 4 members (excludes halogenated alkanes) is 1. The van der Waals surface area contributed by atoms with Crippen LogP contribution in [0, 0.1) is 5.92 Å². The summed E-state index contributed by atoms with van der Waals surface area (Å²) < 4.78 is 11.7. The van der Waals surface area contributed by atoms with Gasteiger partial charge in [-0.2, -0.15) is 0 Å². The van der Waals surface area contributed by atoms with Crippen molar-refractivity contribution in [2.24, 2.45) is 5.92 Å². The molecule has 0 aromatic carbocycles. The minimum atomic E-state index is -4.11. The molecular weight excluding hydrogens is 249 g/mol. The van der Waals surface area contributed by atoms with Crippen LogP contribution in [-0.2, 0) is 4.57 Å². The Morgan fingerprint density at radius 3 is 2.06 bits per heavy atom. The molecule has 0 aliphatic carbocycles. The highest BCUT2D eigenvalue weighted by molar-refractivity contribution is 7.53. The largest absolute Gasteiger partial charge is 0.345 e. The number of hydrogen-bond acceptors (Lipinski definition) is 2. The smallest absolute Gasteiger partial charge is 0.323 e. The Balaban J connectivity index is 4.56. The van der Waals surface area contributed by atoms with Gasteiger partial charge in [0, 0.05) is 0 Å². The Bertz CT molecular complexity index is 261. The van der Waals surface area contributed by atoms with Crippen molar-refractivity contribution in [3.8, 4) is 0 Å². The predicted octanol–water partition coefficient (Wildman–Crippen LogP) is 3.49. The molecule has 0 saturated heterocycles. The SMILES string of the molecule is CCCCC(CC)CNC(CC)(CC)P(=O)(O)O. The molecule has 5 heteroatoms. The van der Waals surface area contributed by atoms with Gasteiger partial charge in [0.25, 0.3) is 0 Å². The summed E-state index contributed by atoms with van der Waals surface area (Å²) in [6, 6.07) is 0. The van der Waals surface area contributed by atoms with Gasteiger partial charge in [-0.3, -0.25) is 4.57 Å². The van der Waals surface area contributed by atoms with E-state index in [4.69, 9.17) is 0 Å². The summed E-state index contributed by atoms with van der Waals surface area (Å²) in [5.41, 5.74) is 0. The highest BCUT2D eigenvalue weighted by atomic mass is 31.2. The lowest BCUT2D eigenvalue weighted by molar-refractivity contribution is 0.268. The van der Waals surface area contributed by atoms with Gasteiger partial charge in [-0.15, -0.1) is 0 Å². The molecule has 0 radical (unpaired) electrons. The van der Waals surface area contributed by atoms with E-state index in [0.29, 0.717) is 25.3 Å². The topological polar surface area (TPSA) is 69.6 Å². The summed E-state index contributed by atoms with van der Waals surface area (Å²) in [5, 5.41) is 2.13. The van der Waals surface area contributed by atoms with Gasteiger partial charge >= 0.3 is 7.60 Å². The predicted molar refractivity (Wildman–Crippen MR) is 76.7 cm³/mol. The first-order valence-corrected chi connectivity index (χ1v) is 8.78. The summed E-state index contributed by atoms with van der Waals surface area (Å²) >= 11 is 0. The molecule has 3 N–H and O–H groups in total. The Morgan fingerprint density at radius 2 is 1.72 bits per heavy atom. The zero-order valence-electron chi connectivity index (χ0n) is 12.3. The van der Waals surface area contributed by atoms with Crippen LogP contribution in [0.4, 0.5) is 0 Å². The van der Waals surface area contributed by atoms with Crippen LogP contribution in [0.1, 0.15) is 66.2 Å². The first kappa shape index (κ1) is 18.1. The van der Waals surface area contributed by atoms with Gasteiger partial charge in [0.05, 0.1) is 0 Å². The highest BCUT2D eigenvalue weighted by Crippen LogP contribution is 2.52. The third-order valence-corrected chi connectivity index (χ3v) is 5.90. The van der Waals surface area contributed by atoms with Crippen molar-refractivity contribution in [3.63, 3.8) is 0 Å². The fourth-order valence-corrected chi connectivity index (χ4v) is 3.41. The molecule has 1 atom stereocenters. The third-order valence-electron chi connectivity index (χ3n) is 3.99. The van der Waals surface area contributed by atoms with Gasteiger partial charge in [-0.1, -0.05) is 47.0 Å². The monoisotopic (exact) mass is 279 g/mol. The Labute approximate surface area is 112 Å². The van der Waals surface area contributed by atoms with E-state index in [2.05, 4.69) is 19.2 Å². The first-order chi connectivity index (χ1) is 8.36. The number of rotatable bonds is 10. The maximum Gasteiger partial charge on any atom is 0.345 e. The van der Waals surface area contributed by atoms with E-state index in [1.54, 1.807) is 0 Å². The minimum absolute atomic E-state index is 0.456. The lowest BCUT2D eigenvalue weighted by atomic mass is 9.98. The molecule has 1 unspecified atom stereocenters. The molecule has 0 spiro atoms. The molecule has 18 heavy (non-hydrogen) atoms. The maximum atomic E-state index is 11.7. The summed E-state index contributed by atoms with van der Waals surface area (Å²) in [6.45, 7) is 8.67. The second-order valence-corrected chi connectivity index (χ2v) is 7.02. The highest BCUT2D eigenvalue weighted by Gasteiger charge is 2.43. The second-order valence-electron chi connectivity index (χ2n) is 5.08. The minimum Gasteiger partial charge on any atom is -0.323 e. The molecule has 0 rings (SSSR count). The summed E-state index contributed by atoms with van der Waals surface area (Å²) in [7, 11) is -4.11. The fourth-order valence-electron chi connectivity index (χ4n) is 2.29. The normalized spacial score (nSPS) is 14.8. The van der Waals surface area contributed by atoms with Gasteiger partial charge in [-0.25, -0.2) is 0 Å². The van der Waals surface area contributed by atoms with E-state index in [0.717, 1.165) is 12.8 Å². The number of hydrogen-bond donors (Lipinski definition) is 3. The lowest BCUT2D eigenvalue weighted by Gasteiger charge is -2.35. The van der Waals surface area contributed by atoms with Crippen LogP contribution in [0.3, 0.4) is 0 Å². The van der Waals surface area contributed by atoms with Crippen LogP contribution >= 0.6 is 7.60 Å². The van der Waals surface area contributed by atoms with Crippen molar-refractivity contribution in [1.29, 1.82) is 0 Å². The first-order valence-electron chi connectivity index (χ1n) is 7.17. The van der Waals surface area contributed by atoms with Crippen LogP contribution in [0.5, 0.6) is 0 Å². The Kier molecular flexibility index (Phi) is 8.37. The van der Waals surface area contributed by atoms with Crippen LogP contribution in [-0.4, -0.2) is 21.6 Å². The van der Waals surface area contributed by atoms with Gasteiger partial charge in [0.2, 0.25) is 0 Å². The molecule has 0 aromatic rings. The van der Waals surface area contributed by atoms with Gasteiger partial charge in [0.15, 0.2) is 0 Å². The summed E-state index contributed by atoms with van der Waals surface area (Å²) in [6.07, 6.45) is 5.45. The summed E-state index contributed by atoms with van der Waals surface area (Å²) in [5.74, 6) is 0.508. The van der Waals surface area contributed by atoms with Gasteiger partial charge in [-0.05, 0) is 31.7 Å². The third kappa shape index (κ3) is 5.00. The van der Waals surface area contributed by atoms with E-state index in [1.807, 2.05) is 13.8 Å². The standard InChI is InChI=1S/C13H30NO3P/c1-5-9-10-12(6-2)11-14-13(7-3,8-4)18(15,16)17/h12,14H,5-11H2,1-4H3,(H2,15,16,17). The zero-order chi connectivity index (χ0) is 14.2. The van der Waals surface area contributed by atoms with Crippen LogP contribution < -0.4 is 5.32 Å². The van der Waals surface area contributed by atoms with E-state index < -0.39 is 12.9 Å². The van der Waals surface area contributed by atoms with Crippen molar-refractivity contribution in [1.82, 2.24) is 5.32 Å². The van der Waals surface area contributed by atoms with Crippen LogP contribution in [0.25, 0.3) is 0 Å². The molecule has 0 aliphatic heterocycles. The van der Waals surface area contributed by atoms with Crippen molar-refractivity contribution in [2.45, 2.75) is 71.5 Å². The average Bonchev–Trinajstić information content (AvgIpc) is 2.33. The van der Waals surface area contributed by atoms with Crippen molar-refractivity contribution >= 4 is 7.60 Å². The van der Waals surface area contributed by atoms with E-state index in [1.165, 1.54) is 12.8 Å². The van der Waals surface area contributed by atoms with Crippen LogP contribution in [0.2, 0.25) is 0 Å². The molecule has 4 nitrogen and oxygen atoms in total. The molecule has 0 amide bonds. The molecule has 0 aliphatic rings. The average molecular weight is 279 g/mol. The van der Waals surface area contributed by atoms with E-state index in [-0.39, 0.29) is 0 Å². The van der Waals surface area contributed by atoms with Gasteiger partial charge in [0.1, 0.15) is 5.28 Å². The molecule has 0 saturated carbocycles.